The predicted molar refractivity (Wildman–Crippen MR) is 122 cm³/mol. The Morgan fingerprint density at radius 3 is 2.12 bits per heavy atom. The minimum Gasteiger partial charge on any atom is -0.489 e. The van der Waals surface area contributed by atoms with Gasteiger partial charge in [-0.3, -0.25) is 9.69 Å². The topological polar surface area (TPSA) is 78.9 Å². The molecule has 0 spiro atoms. The van der Waals surface area contributed by atoms with Gasteiger partial charge in [-0.25, -0.2) is 4.79 Å². The Bertz CT molecular complexity index is 1090. The van der Waals surface area contributed by atoms with Crippen molar-refractivity contribution in [3.05, 3.63) is 100 Å². The SMILES string of the molecule is O=C1NC(c2ccccc2)(c2ccccc2)C(=O)N1CC(O)COc1cc(Cl)ccc1Cl. The van der Waals surface area contributed by atoms with Gasteiger partial charge in [0.15, 0.2) is 5.54 Å². The first kappa shape index (κ1) is 22.1. The molecule has 0 aromatic heterocycles. The van der Waals surface area contributed by atoms with E-state index in [1.165, 1.54) is 6.07 Å². The van der Waals surface area contributed by atoms with E-state index in [2.05, 4.69) is 5.32 Å². The molecule has 8 heteroatoms. The van der Waals surface area contributed by atoms with Gasteiger partial charge in [-0.2, -0.15) is 0 Å². The van der Waals surface area contributed by atoms with Crippen LogP contribution < -0.4 is 10.1 Å². The molecule has 1 atom stereocenters. The number of rotatable bonds is 7. The van der Waals surface area contributed by atoms with Crippen molar-refractivity contribution in [3.8, 4) is 5.75 Å². The van der Waals surface area contributed by atoms with Crippen LogP contribution in [0.25, 0.3) is 0 Å². The lowest BCUT2D eigenvalue weighted by Gasteiger charge is -2.28. The van der Waals surface area contributed by atoms with Crippen molar-refractivity contribution in [2.75, 3.05) is 13.2 Å². The fourth-order valence-corrected chi connectivity index (χ4v) is 4.05. The molecular formula is C24H20Cl2N2O4. The van der Waals surface area contributed by atoms with E-state index in [1.54, 1.807) is 60.7 Å². The van der Waals surface area contributed by atoms with Crippen LogP contribution in [-0.4, -0.2) is 41.2 Å². The standard InChI is InChI=1S/C24H20Cl2N2O4/c25-18-11-12-20(26)21(13-18)32-15-19(29)14-28-22(30)24(27-23(28)31,16-7-3-1-4-8-16)17-9-5-2-6-10-17/h1-13,19,29H,14-15H2,(H,27,31). The third kappa shape index (κ3) is 4.17. The van der Waals surface area contributed by atoms with E-state index in [0.717, 1.165) is 4.90 Å². The Hall–Kier alpha value is -3.06. The Balaban J connectivity index is 1.56. The van der Waals surface area contributed by atoms with Gasteiger partial charge in [0.25, 0.3) is 5.91 Å². The molecule has 1 unspecified atom stereocenters. The van der Waals surface area contributed by atoms with Crippen LogP contribution in [0.1, 0.15) is 11.1 Å². The molecule has 32 heavy (non-hydrogen) atoms. The number of β-amino-alcohol motifs (C(OH)–C–C–N with tert-alkyl or cyclic N) is 1. The van der Waals surface area contributed by atoms with E-state index >= 15 is 0 Å². The van der Waals surface area contributed by atoms with Gasteiger partial charge in [0.2, 0.25) is 0 Å². The highest BCUT2D eigenvalue weighted by atomic mass is 35.5. The second-order valence-corrected chi connectivity index (χ2v) is 8.21. The number of carbonyl (C=O) groups excluding carboxylic acids is 2. The molecule has 1 saturated heterocycles. The van der Waals surface area contributed by atoms with Crippen LogP contribution in [0.4, 0.5) is 4.79 Å². The second kappa shape index (κ2) is 9.20. The average molecular weight is 471 g/mol. The summed E-state index contributed by atoms with van der Waals surface area (Å²) in [6.07, 6.45) is -1.14. The summed E-state index contributed by atoms with van der Waals surface area (Å²) in [7, 11) is 0. The van der Waals surface area contributed by atoms with Crippen LogP contribution in [0, 0.1) is 0 Å². The minimum atomic E-state index is -1.38. The number of hydrogen-bond donors (Lipinski definition) is 2. The number of aliphatic hydroxyl groups excluding tert-OH is 1. The summed E-state index contributed by atoms with van der Waals surface area (Å²) < 4.78 is 5.55. The predicted octanol–water partition coefficient (Wildman–Crippen LogP) is 4.23. The van der Waals surface area contributed by atoms with E-state index in [4.69, 9.17) is 27.9 Å². The zero-order chi connectivity index (χ0) is 22.7. The first-order chi connectivity index (χ1) is 15.4. The average Bonchev–Trinajstić information content (AvgIpc) is 3.06. The number of ether oxygens (including phenoxy) is 1. The summed E-state index contributed by atoms with van der Waals surface area (Å²) >= 11 is 12.0. The second-order valence-electron chi connectivity index (χ2n) is 7.37. The zero-order valence-electron chi connectivity index (χ0n) is 16.9. The van der Waals surface area contributed by atoms with Crippen molar-refractivity contribution < 1.29 is 19.4 Å². The largest absolute Gasteiger partial charge is 0.489 e. The molecule has 4 rings (SSSR count). The minimum absolute atomic E-state index is 0.180. The van der Waals surface area contributed by atoms with Gasteiger partial charge in [0.1, 0.15) is 18.5 Å². The number of nitrogens with one attached hydrogen (secondary N) is 1. The van der Waals surface area contributed by atoms with Crippen molar-refractivity contribution in [1.82, 2.24) is 10.2 Å². The summed E-state index contributed by atoms with van der Waals surface area (Å²) in [5, 5.41) is 14.1. The van der Waals surface area contributed by atoms with Crippen molar-refractivity contribution in [3.63, 3.8) is 0 Å². The van der Waals surface area contributed by atoms with E-state index < -0.39 is 23.6 Å². The lowest BCUT2D eigenvalue weighted by atomic mass is 9.82. The number of carbonyl (C=O) groups is 2. The highest BCUT2D eigenvalue weighted by Gasteiger charge is 2.53. The molecule has 6 nitrogen and oxygen atoms in total. The van der Waals surface area contributed by atoms with Crippen LogP contribution in [0.5, 0.6) is 5.75 Å². The first-order valence-electron chi connectivity index (χ1n) is 9.93. The molecule has 2 N–H and O–H groups in total. The maximum atomic E-state index is 13.6. The maximum Gasteiger partial charge on any atom is 0.325 e. The molecule has 164 valence electrons. The van der Waals surface area contributed by atoms with Crippen molar-refractivity contribution in [2.45, 2.75) is 11.6 Å². The zero-order valence-corrected chi connectivity index (χ0v) is 18.4. The lowest BCUT2D eigenvalue weighted by molar-refractivity contribution is -0.131. The van der Waals surface area contributed by atoms with E-state index in [0.29, 0.717) is 26.9 Å². The third-order valence-corrected chi connectivity index (χ3v) is 5.78. The molecule has 0 radical (unpaired) electrons. The van der Waals surface area contributed by atoms with E-state index in [9.17, 15) is 14.7 Å². The summed E-state index contributed by atoms with van der Waals surface area (Å²) in [5.41, 5.74) is -0.122. The van der Waals surface area contributed by atoms with Crippen LogP contribution in [-0.2, 0) is 10.3 Å². The molecule has 1 heterocycles. The third-order valence-electron chi connectivity index (χ3n) is 5.24. The first-order valence-corrected chi connectivity index (χ1v) is 10.7. The van der Waals surface area contributed by atoms with Gasteiger partial charge in [0, 0.05) is 11.1 Å². The Labute approximate surface area is 195 Å². The summed E-state index contributed by atoms with van der Waals surface area (Å²) in [6.45, 7) is -0.426. The lowest BCUT2D eigenvalue weighted by Crippen LogP contribution is -2.46. The number of aliphatic hydroxyl groups is 1. The molecule has 3 amide bonds. The highest BCUT2D eigenvalue weighted by molar-refractivity contribution is 6.34. The monoisotopic (exact) mass is 470 g/mol. The normalized spacial score (nSPS) is 16.0. The fraction of sp³-hybridized carbons (Fsp3) is 0.167. The number of benzene rings is 3. The van der Waals surface area contributed by atoms with Crippen molar-refractivity contribution in [2.24, 2.45) is 0 Å². The Morgan fingerprint density at radius 2 is 1.53 bits per heavy atom. The molecular weight excluding hydrogens is 451 g/mol. The number of halogens is 2. The van der Waals surface area contributed by atoms with Gasteiger partial charge in [0.05, 0.1) is 11.6 Å². The van der Waals surface area contributed by atoms with Crippen molar-refractivity contribution in [1.29, 1.82) is 0 Å². The summed E-state index contributed by atoms with van der Waals surface area (Å²) in [5.74, 6) is -0.168. The van der Waals surface area contributed by atoms with E-state index in [-0.39, 0.29) is 13.2 Å². The fourth-order valence-electron chi connectivity index (χ4n) is 3.71. The highest BCUT2D eigenvalue weighted by Crippen LogP contribution is 2.36. The number of imide groups is 1. The number of amides is 3. The molecule has 0 bridgehead atoms. The Morgan fingerprint density at radius 1 is 0.938 bits per heavy atom. The number of hydrogen-bond acceptors (Lipinski definition) is 4. The molecule has 0 aliphatic carbocycles. The van der Waals surface area contributed by atoms with Crippen LogP contribution in [0.3, 0.4) is 0 Å². The molecule has 3 aromatic rings. The number of urea groups is 1. The van der Waals surface area contributed by atoms with E-state index in [1.807, 2.05) is 12.1 Å². The number of nitrogens with zero attached hydrogens (tertiary/aromatic N) is 1. The molecule has 1 aliphatic rings. The maximum absolute atomic E-state index is 13.6. The molecule has 3 aromatic carbocycles. The van der Waals surface area contributed by atoms with Gasteiger partial charge >= 0.3 is 6.03 Å². The van der Waals surface area contributed by atoms with Gasteiger partial charge in [-0.15, -0.1) is 0 Å². The van der Waals surface area contributed by atoms with Gasteiger partial charge < -0.3 is 15.2 Å². The summed E-state index contributed by atoms with van der Waals surface area (Å²) in [6, 6.07) is 22.2. The van der Waals surface area contributed by atoms with Crippen LogP contribution >= 0.6 is 23.2 Å². The summed E-state index contributed by atoms with van der Waals surface area (Å²) in [4.78, 5) is 27.5. The van der Waals surface area contributed by atoms with Crippen molar-refractivity contribution >= 4 is 35.1 Å². The van der Waals surface area contributed by atoms with Crippen LogP contribution in [0.15, 0.2) is 78.9 Å². The molecule has 1 fully saturated rings. The Kier molecular flexibility index (Phi) is 6.37. The quantitative estimate of drug-likeness (QED) is 0.506. The van der Waals surface area contributed by atoms with Crippen LogP contribution in [0.2, 0.25) is 10.0 Å². The molecule has 1 aliphatic heterocycles. The smallest absolute Gasteiger partial charge is 0.325 e. The molecule has 0 saturated carbocycles. The van der Waals surface area contributed by atoms with Gasteiger partial charge in [-0.1, -0.05) is 83.9 Å². The van der Waals surface area contributed by atoms with Gasteiger partial charge in [-0.05, 0) is 23.3 Å².